The van der Waals surface area contributed by atoms with Crippen LogP contribution in [0.1, 0.15) is 70.6 Å². The van der Waals surface area contributed by atoms with E-state index in [0.717, 1.165) is 34.4 Å². The second-order valence-corrected chi connectivity index (χ2v) is 9.82. The molecular weight excluding hydrogens is 360 g/mol. The predicted octanol–water partition coefficient (Wildman–Crippen LogP) is 5.40. The molecule has 0 amide bonds. The molecule has 0 radical (unpaired) electrons. The largest absolute Gasteiger partial charge is 0.511 e. The van der Waals surface area contributed by atoms with Gasteiger partial charge < -0.3 is 14.9 Å². The first-order chi connectivity index (χ1) is 12.5. The molecule has 1 aromatic carbocycles. The molecule has 2 rings (SSSR count). The van der Waals surface area contributed by atoms with E-state index < -0.39 is 5.97 Å². The van der Waals surface area contributed by atoms with Crippen LogP contribution in [0.25, 0.3) is 0 Å². The van der Waals surface area contributed by atoms with E-state index in [0.29, 0.717) is 12.3 Å². The summed E-state index contributed by atoms with van der Waals surface area (Å²) in [6.07, 6.45) is 1.86. The highest BCUT2D eigenvalue weighted by atomic mass is 32.2. The van der Waals surface area contributed by atoms with Crippen LogP contribution in [0, 0.1) is 12.8 Å². The van der Waals surface area contributed by atoms with Crippen molar-refractivity contribution in [1.82, 2.24) is 0 Å². The molecule has 0 fully saturated rings. The second-order valence-electron chi connectivity index (χ2n) is 8.76. The van der Waals surface area contributed by atoms with Gasteiger partial charge in [-0.3, -0.25) is 0 Å². The Balaban J connectivity index is 2.32. The molecule has 0 saturated heterocycles. The summed E-state index contributed by atoms with van der Waals surface area (Å²) in [5, 5.41) is 20.1. The van der Waals surface area contributed by atoms with Crippen LogP contribution in [0.5, 0.6) is 0 Å². The van der Waals surface area contributed by atoms with Crippen molar-refractivity contribution in [2.24, 2.45) is 5.92 Å². The summed E-state index contributed by atoms with van der Waals surface area (Å²) >= 11 is 1.27. The fraction of sp³-hybridized carbons (Fsp3) is 0.591. The van der Waals surface area contributed by atoms with Crippen molar-refractivity contribution >= 4 is 17.7 Å². The number of benzene rings is 1. The monoisotopic (exact) mass is 392 g/mol. The Labute approximate surface area is 167 Å². The van der Waals surface area contributed by atoms with Crippen LogP contribution >= 0.6 is 11.8 Å². The number of hydrogen-bond donors (Lipinski definition) is 2. The van der Waals surface area contributed by atoms with Crippen LogP contribution in [-0.4, -0.2) is 22.3 Å². The van der Waals surface area contributed by atoms with Gasteiger partial charge in [-0.1, -0.05) is 52.4 Å². The van der Waals surface area contributed by atoms with Crippen LogP contribution in [0.4, 0.5) is 0 Å². The van der Waals surface area contributed by atoms with E-state index in [1.807, 2.05) is 19.1 Å². The molecule has 1 aromatic rings. The molecule has 2 N–H and O–H groups in total. The van der Waals surface area contributed by atoms with Crippen molar-refractivity contribution in [2.45, 2.75) is 83.8 Å². The number of carbonyl (C=O) groups excluding carboxylic acids is 1. The lowest BCUT2D eigenvalue weighted by molar-refractivity contribution is -0.146. The zero-order valence-electron chi connectivity index (χ0n) is 17.3. The molecule has 1 unspecified atom stereocenters. The van der Waals surface area contributed by atoms with Gasteiger partial charge >= 0.3 is 5.97 Å². The molecule has 0 aliphatic carbocycles. The molecule has 0 aromatic heterocycles. The standard InChI is InChI=1S/C22H32O4S/c1-13(2)7-8-16-11-18(24)20(21(25)26-16)27-19-9-14(3)15(12-23)10-17(19)22(4,5)6/h9-10,13,16,23-24H,7-8,11-12H2,1-6H3. The molecule has 27 heavy (non-hydrogen) atoms. The van der Waals surface area contributed by atoms with Gasteiger partial charge in [0.1, 0.15) is 16.8 Å². The zero-order valence-corrected chi connectivity index (χ0v) is 18.1. The van der Waals surface area contributed by atoms with Gasteiger partial charge in [-0.25, -0.2) is 4.79 Å². The van der Waals surface area contributed by atoms with Gasteiger partial charge in [-0.05, 0) is 53.9 Å². The van der Waals surface area contributed by atoms with Crippen LogP contribution in [0.15, 0.2) is 27.7 Å². The van der Waals surface area contributed by atoms with Gasteiger partial charge in [0.05, 0.1) is 6.61 Å². The lowest BCUT2D eigenvalue weighted by Gasteiger charge is -2.27. The number of hydrogen-bond acceptors (Lipinski definition) is 5. The first kappa shape index (κ1) is 21.8. The number of esters is 1. The van der Waals surface area contributed by atoms with Gasteiger partial charge in [-0.15, -0.1) is 0 Å². The predicted molar refractivity (Wildman–Crippen MR) is 110 cm³/mol. The maximum atomic E-state index is 12.5. The van der Waals surface area contributed by atoms with Gasteiger partial charge in [-0.2, -0.15) is 0 Å². The topological polar surface area (TPSA) is 66.8 Å². The van der Waals surface area contributed by atoms with Crippen molar-refractivity contribution in [3.05, 3.63) is 39.5 Å². The molecule has 1 aliphatic heterocycles. The minimum Gasteiger partial charge on any atom is -0.511 e. The number of aliphatic hydroxyl groups is 2. The minimum absolute atomic E-state index is 0.0205. The zero-order chi connectivity index (χ0) is 20.4. The number of aliphatic hydroxyl groups excluding tert-OH is 2. The van der Waals surface area contributed by atoms with Gasteiger partial charge in [0.15, 0.2) is 0 Å². The molecule has 1 heterocycles. The number of aryl methyl sites for hydroxylation is 1. The number of cyclic esters (lactones) is 1. The van der Waals surface area contributed by atoms with E-state index >= 15 is 0 Å². The molecule has 0 spiro atoms. The third-order valence-corrected chi connectivity index (χ3v) is 6.00. The molecule has 4 nitrogen and oxygen atoms in total. The van der Waals surface area contributed by atoms with Gasteiger partial charge in [0.2, 0.25) is 0 Å². The SMILES string of the molecule is Cc1cc(SC2=C(O)CC(CCC(C)C)OC2=O)c(C(C)(C)C)cc1CO. The van der Waals surface area contributed by atoms with E-state index in [1.54, 1.807) is 0 Å². The maximum absolute atomic E-state index is 12.5. The molecule has 1 atom stereocenters. The maximum Gasteiger partial charge on any atom is 0.348 e. The average molecular weight is 393 g/mol. The van der Waals surface area contributed by atoms with Crippen molar-refractivity contribution in [3.8, 4) is 0 Å². The summed E-state index contributed by atoms with van der Waals surface area (Å²) in [5.74, 6) is 0.211. The third kappa shape index (κ3) is 5.52. The Bertz CT molecular complexity index is 729. The Morgan fingerprint density at radius 1 is 1.30 bits per heavy atom. The second kappa shape index (κ2) is 8.70. The fourth-order valence-corrected chi connectivity index (χ4v) is 4.39. The quantitative estimate of drug-likeness (QED) is 0.635. The summed E-state index contributed by atoms with van der Waals surface area (Å²) in [6, 6.07) is 3.98. The number of ether oxygens (including phenoxy) is 1. The third-order valence-electron chi connectivity index (χ3n) is 4.84. The highest BCUT2D eigenvalue weighted by Gasteiger charge is 2.31. The highest BCUT2D eigenvalue weighted by molar-refractivity contribution is 8.04. The fourth-order valence-electron chi connectivity index (χ4n) is 3.13. The molecule has 150 valence electrons. The summed E-state index contributed by atoms with van der Waals surface area (Å²) in [7, 11) is 0. The smallest absolute Gasteiger partial charge is 0.348 e. The molecule has 0 saturated carbocycles. The number of carbonyl (C=O) groups is 1. The first-order valence-corrected chi connectivity index (χ1v) is 10.4. The molecule has 5 heteroatoms. The Hall–Kier alpha value is -1.46. The van der Waals surface area contributed by atoms with E-state index in [4.69, 9.17) is 4.74 Å². The molecular formula is C22H32O4S. The van der Waals surface area contributed by atoms with E-state index in [-0.39, 0.29) is 28.8 Å². The Morgan fingerprint density at radius 2 is 1.96 bits per heavy atom. The summed E-state index contributed by atoms with van der Waals surface area (Å²) < 4.78 is 5.57. The van der Waals surface area contributed by atoms with Crippen molar-refractivity contribution in [2.75, 3.05) is 0 Å². The first-order valence-electron chi connectivity index (χ1n) is 9.58. The van der Waals surface area contributed by atoms with E-state index in [9.17, 15) is 15.0 Å². The summed E-state index contributed by atoms with van der Waals surface area (Å²) in [4.78, 5) is 13.7. The molecule has 0 bridgehead atoms. The van der Waals surface area contributed by atoms with Crippen molar-refractivity contribution in [1.29, 1.82) is 0 Å². The Kier molecular flexibility index (Phi) is 7.03. The average Bonchev–Trinajstić information content (AvgIpc) is 2.55. The lowest BCUT2D eigenvalue weighted by Crippen LogP contribution is -2.26. The van der Waals surface area contributed by atoms with Crippen molar-refractivity contribution < 1.29 is 19.7 Å². The number of thioether (sulfide) groups is 1. The molecule has 1 aliphatic rings. The van der Waals surface area contributed by atoms with Crippen molar-refractivity contribution in [3.63, 3.8) is 0 Å². The van der Waals surface area contributed by atoms with Crippen LogP contribution in [0.3, 0.4) is 0 Å². The van der Waals surface area contributed by atoms with E-state index in [2.05, 4.69) is 34.6 Å². The van der Waals surface area contributed by atoms with Gasteiger partial charge in [0.25, 0.3) is 0 Å². The van der Waals surface area contributed by atoms with E-state index in [1.165, 1.54) is 11.8 Å². The van der Waals surface area contributed by atoms with Crippen LogP contribution in [0.2, 0.25) is 0 Å². The summed E-state index contributed by atoms with van der Waals surface area (Å²) in [6.45, 7) is 12.5. The number of rotatable bonds is 6. The normalized spacial score (nSPS) is 18.2. The lowest BCUT2D eigenvalue weighted by atomic mass is 9.85. The Morgan fingerprint density at radius 3 is 2.48 bits per heavy atom. The van der Waals surface area contributed by atoms with Gasteiger partial charge in [0, 0.05) is 11.3 Å². The van der Waals surface area contributed by atoms with Crippen LogP contribution in [-0.2, 0) is 21.6 Å². The highest BCUT2D eigenvalue weighted by Crippen LogP contribution is 2.41. The minimum atomic E-state index is -0.443. The summed E-state index contributed by atoms with van der Waals surface area (Å²) in [5.41, 5.74) is 2.72. The van der Waals surface area contributed by atoms with Crippen LogP contribution < -0.4 is 0 Å².